The van der Waals surface area contributed by atoms with E-state index in [1.165, 1.54) is 42.5 Å². The zero-order chi connectivity index (χ0) is 27.7. The highest BCUT2D eigenvalue weighted by Crippen LogP contribution is 2.47. The number of aliphatic hydroxyl groups is 1. The fourth-order valence-electron chi connectivity index (χ4n) is 5.09. The zero-order valence-electron chi connectivity index (χ0n) is 20.7. The van der Waals surface area contributed by atoms with Crippen LogP contribution in [0.15, 0.2) is 102 Å². The first-order valence-corrected chi connectivity index (χ1v) is 13.8. The fraction of sp³-hybridized carbons (Fsp3) is 0.167. The first kappa shape index (κ1) is 26.6. The highest BCUT2D eigenvalue weighted by atomic mass is 32.2. The lowest BCUT2D eigenvalue weighted by Gasteiger charge is -2.48. The Morgan fingerprint density at radius 2 is 1.62 bits per heavy atom. The maximum Gasteiger partial charge on any atom is 0.294 e. The maximum absolute atomic E-state index is 13.6. The van der Waals surface area contributed by atoms with Gasteiger partial charge in [-0.3, -0.25) is 9.35 Å². The van der Waals surface area contributed by atoms with Crippen LogP contribution >= 0.6 is 0 Å². The molecule has 0 saturated carbocycles. The molecule has 0 bridgehead atoms. The topological polar surface area (TPSA) is 115 Å². The number of phenols is 1. The van der Waals surface area contributed by atoms with Gasteiger partial charge in [-0.25, -0.2) is 4.39 Å². The Bertz CT molecular complexity index is 1610. The van der Waals surface area contributed by atoms with Crippen molar-refractivity contribution in [3.63, 3.8) is 0 Å². The second-order valence-electron chi connectivity index (χ2n) is 9.52. The van der Waals surface area contributed by atoms with Crippen molar-refractivity contribution < 1.29 is 32.4 Å². The smallest absolute Gasteiger partial charge is 0.294 e. The molecule has 4 aromatic rings. The molecule has 1 fully saturated rings. The van der Waals surface area contributed by atoms with Gasteiger partial charge >= 0.3 is 0 Å². The minimum absolute atomic E-state index is 0.0574. The lowest BCUT2D eigenvalue weighted by Crippen LogP contribution is -2.55. The van der Waals surface area contributed by atoms with Gasteiger partial charge in [-0.2, -0.15) is 8.42 Å². The number of para-hydroxylation sites is 1. The summed E-state index contributed by atoms with van der Waals surface area (Å²) in [6.45, 7) is 0. The van der Waals surface area contributed by atoms with Crippen molar-refractivity contribution in [2.75, 3.05) is 4.90 Å². The van der Waals surface area contributed by atoms with Crippen LogP contribution in [0.1, 0.15) is 36.1 Å². The van der Waals surface area contributed by atoms with Crippen LogP contribution in [0, 0.1) is 11.7 Å². The Balaban J connectivity index is 1.42. The summed E-state index contributed by atoms with van der Waals surface area (Å²) in [6, 6.07) is 25.1. The van der Waals surface area contributed by atoms with E-state index in [0.717, 1.165) is 0 Å². The third kappa shape index (κ3) is 5.42. The third-order valence-electron chi connectivity index (χ3n) is 7.06. The van der Waals surface area contributed by atoms with Gasteiger partial charge in [0, 0.05) is 11.3 Å². The van der Waals surface area contributed by atoms with E-state index in [1.54, 1.807) is 29.2 Å². The summed E-state index contributed by atoms with van der Waals surface area (Å²) < 4.78 is 45.5. The number of carbonyl (C=O) groups excluding carboxylic acids is 1. The molecule has 200 valence electrons. The summed E-state index contributed by atoms with van der Waals surface area (Å²) in [5.41, 5.74) is 2.85. The first-order chi connectivity index (χ1) is 18.6. The Labute approximate surface area is 225 Å². The van der Waals surface area contributed by atoms with Crippen LogP contribution in [-0.2, 0) is 14.9 Å². The van der Waals surface area contributed by atoms with Crippen molar-refractivity contribution in [3.8, 4) is 16.9 Å². The van der Waals surface area contributed by atoms with Gasteiger partial charge in [0.2, 0.25) is 5.91 Å². The van der Waals surface area contributed by atoms with Crippen molar-refractivity contribution in [3.05, 3.63) is 114 Å². The van der Waals surface area contributed by atoms with E-state index < -0.39 is 34.0 Å². The molecule has 1 aliphatic rings. The molecule has 1 saturated heterocycles. The molecule has 0 aliphatic carbocycles. The van der Waals surface area contributed by atoms with Gasteiger partial charge in [-0.05, 0) is 72.0 Å². The number of benzene rings is 4. The highest BCUT2D eigenvalue weighted by molar-refractivity contribution is 7.85. The van der Waals surface area contributed by atoms with E-state index >= 15 is 0 Å². The summed E-state index contributed by atoms with van der Waals surface area (Å²) >= 11 is 0. The number of hydrogen-bond donors (Lipinski definition) is 3. The van der Waals surface area contributed by atoms with Gasteiger partial charge in [0.15, 0.2) is 0 Å². The van der Waals surface area contributed by atoms with E-state index in [2.05, 4.69) is 0 Å². The van der Waals surface area contributed by atoms with Crippen molar-refractivity contribution in [1.29, 1.82) is 0 Å². The molecule has 3 atom stereocenters. The van der Waals surface area contributed by atoms with E-state index in [9.17, 15) is 32.4 Å². The molecule has 9 heteroatoms. The van der Waals surface area contributed by atoms with E-state index in [-0.39, 0.29) is 23.0 Å². The Morgan fingerprint density at radius 3 is 2.26 bits per heavy atom. The van der Waals surface area contributed by atoms with Crippen LogP contribution in [0.3, 0.4) is 0 Å². The van der Waals surface area contributed by atoms with Crippen LogP contribution in [0.2, 0.25) is 0 Å². The molecule has 1 amide bonds. The average molecular weight is 548 g/mol. The monoisotopic (exact) mass is 547 g/mol. The van der Waals surface area contributed by atoms with Gasteiger partial charge in [-0.15, -0.1) is 0 Å². The summed E-state index contributed by atoms with van der Waals surface area (Å²) in [5, 5.41) is 21.5. The number of phenolic OH excluding ortho intramolecular Hbond substituents is 1. The quantitative estimate of drug-likeness (QED) is 0.194. The number of rotatable bonds is 8. The van der Waals surface area contributed by atoms with E-state index in [4.69, 9.17) is 0 Å². The SMILES string of the molecule is O=C1C(CCC(O)c2cccc(F)c2)C(c2ccc(-c3ccc(S(=O)(=O)O)cc3)c(O)c2)N1c1ccccc1. The fourth-order valence-corrected chi connectivity index (χ4v) is 5.57. The van der Waals surface area contributed by atoms with E-state index in [1.807, 2.05) is 30.3 Å². The molecule has 39 heavy (non-hydrogen) atoms. The molecule has 7 nitrogen and oxygen atoms in total. The van der Waals surface area contributed by atoms with Crippen LogP contribution < -0.4 is 4.90 Å². The van der Waals surface area contributed by atoms with Gasteiger partial charge in [0.25, 0.3) is 10.1 Å². The summed E-state index contributed by atoms with van der Waals surface area (Å²) in [4.78, 5) is 14.7. The number of hydrogen-bond acceptors (Lipinski definition) is 5. The molecule has 1 heterocycles. The Hall–Kier alpha value is -4.05. The molecule has 4 aromatic carbocycles. The first-order valence-electron chi connectivity index (χ1n) is 12.4. The standard InChI is InChI=1S/C30H26FNO6S/c31-22-6-4-5-20(17-22)27(33)16-15-26-29(32(30(26)35)23-7-2-1-3-8-23)21-11-14-25(28(34)18-21)19-9-12-24(13-10-19)39(36,37)38/h1-14,17-18,26-27,29,33-34H,15-16H2,(H,36,37,38). The van der Waals surface area contributed by atoms with Gasteiger partial charge in [-0.1, -0.05) is 54.6 Å². The number of β-lactam (4-membered cyclic amide) rings is 1. The van der Waals surface area contributed by atoms with Gasteiger partial charge in [0.1, 0.15) is 11.6 Å². The average Bonchev–Trinajstić information content (AvgIpc) is 2.91. The predicted octanol–water partition coefficient (Wildman–Crippen LogP) is 5.66. The minimum Gasteiger partial charge on any atom is -0.507 e. The lowest BCUT2D eigenvalue weighted by atomic mass is 9.78. The lowest BCUT2D eigenvalue weighted by molar-refractivity contribution is -0.131. The summed E-state index contributed by atoms with van der Waals surface area (Å²) in [6.07, 6.45) is -0.325. The third-order valence-corrected chi connectivity index (χ3v) is 7.93. The number of aromatic hydroxyl groups is 1. The zero-order valence-corrected chi connectivity index (χ0v) is 21.5. The molecule has 5 rings (SSSR count). The van der Waals surface area contributed by atoms with Crippen molar-refractivity contribution in [2.45, 2.75) is 29.9 Å². The van der Waals surface area contributed by atoms with Crippen LogP contribution in [-0.4, -0.2) is 29.1 Å². The second kappa shape index (κ2) is 10.6. The van der Waals surface area contributed by atoms with Crippen LogP contribution in [0.25, 0.3) is 11.1 Å². The Morgan fingerprint density at radius 1 is 0.897 bits per heavy atom. The molecule has 0 radical (unpaired) electrons. The molecule has 0 aromatic heterocycles. The van der Waals surface area contributed by atoms with Gasteiger partial charge in [0.05, 0.1) is 23.0 Å². The summed E-state index contributed by atoms with van der Waals surface area (Å²) in [7, 11) is -4.34. The van der Waals surface area contributed by atoms with Gasteiger partial charge < -0.3 is 15.1 Å². The predicted molar refractivity (Wildman–Crippen MR) is 144 cm³/mol. The number of carbonyl (C=O) groups is 1. The summed E-state index contributed by atoms with van der Waals surface area (Å²) in [5.74, 6) is -1.07. The van der Waals surface area contributed by atoms with Crippen molar-refractivity contribution >= 4 is 21.7 Å². The number of anilines is 1. The van der Waals surface area contributed by atoms with E-state index in [0.29, 0.717) is 34.4 Å². The second-order valence-corrected chi connectivity index (χ2v) is 10.9. The van der Waals surface area contributed by atoms with Crippen LogP contribution in [0.5, 0.6) is 5.75 Å². The Kier molecular flexibility index (Phi) is 7.22. The normalized spacial score (nSPS) is 18.0. The molecule has 0 spiro atoms. The van der Waals surface area contributed by atoms with Crippen LogP contribution in [0.4, 0.5) is 10.1 Å². The number of nitrogens with zero attached hydrogens (tertiary/aromatic N) is 1. The van der Waals surface area contributed by atoms with Crippen molar-refractivity contribution in [2.24, 2.45) is 5.92 Å². The maximum atomic E-state index is 13.6. The largest absolute Gasteiger partial charge is 0.507 e. The number of halogens is 1. The minimum atomic E-state index is -4.34. The molecule has 3 N–H and O–H groups in total. The highest BCUT2D eigenvalue weighted by Gasteiger charge is 2.48. The molecular formula is C30H26FNO6S. The number of amides is 1. The molecule has 3 unspecified atom stereocenters. The molecular weight excluding hydrogens is 521 g/mol. The van der Waals surface area contributed by atoms with Crippen molar-refractivity contribution in [1.82, 2.24) is 0 Å². The number of aliphatic hydroxyl groups excluding tert-OH is 1. The molecule has 1 aliphatic heterocycles.